The van der Waals surface area contributed by atoms with Gasteiger partial charge in [-0.3, -0.25) is 9.89 Å². The first-order chi connectivity index (χ1) is 8.33. The van der Waals surface area contributed by atoms with Crippen molar-refractivity contribution in [3.63, 3.8) is 0 Å². The summed E-state index contributed by atoms with van der Waals surface area (Å²) in [7, 11) is 0. The minimum Gasteiger partial charge on any atom is -0.307 e. The number of aromatic amines is 2. The normalized spacial score (nSPS) is 10.6. The van der Waals surface area contributed by atoms with E-state index < -0.39 is 0 Å². The van der Waals surface area contributed by atoms with Gasteiger partial charge in [0.1, 0.15) is 16.9 Å². The lowest BCUT2D eigenvalue weighted by Crippen LogP contribution is -2.12. The molecule has 1 aromatic carbocycles. The van der Waals surface area contributed by atoms with Crippen molar-refractivity contribution >= 4 is 22.8 Å². The van der Waals surface area contributed by atoms with Crippen LogP contribution in [0, 0.1) is 0 Å². The predicted molar refractivity (Wildman–Crippen MR) is 60.4 cm³/mol. The van der Waals surface area contributed by atoms with E-state index in [1.54, 1.807) is 30.5 Å². The van der Waals surface area contributed by atoms with Crippen molar-refractivity contribution in [2.24, 2.45) is 0 Å². The first-order valence-corrected chi connectivity index (χ1v) is 4.94. The fourth-order valence-electron chi connectivity index (χ4n) is 1.50. The molecule has 84 valence electrons. The molecular formula is C10H8N6O. The van der Waals surface area contributed by atoms with Crippen LogP contribution in [0.4, 0.5) is 5.82 Å². The van der Waals surface area contributed by atoms with Gasteiger partial charge in [0, 0.05) is 11.6 Å². The molecule has 0 saturated heterocycles. The number of aromatic nitrogens is 5. The molecule has 0 atom stereocenters. The van der Waals surface area contributed by atoms with E-state index in [0.29, 0.717) is 16.9 Å². The van der Waals surface area contributed by atoms with E-state index in [1.165, 1.54) is 0 Å². The predicted octanol–water partition coefficient (Wildman–Crippen LogP) is 0.933. The molecule has 7 heteroatoms. The van der Waals surface area contributed by atoms with E-state index in [-0.39, 0.29) is 5.91 Å². The molecule has 0 spiro atoms. The summed E-state index contributed by atoms with van der Waals surface area (Å²) in [6.45, 7) is 0. The molecule has 3 aromatic rings. The Balaban J connectivity index is 1.90. The second-order valence-corrected chi connectivity index (χ2v) is 3.45. The Morgan fingerprint density at radius 2 is 2.06 bits per heavy atom. The number of fused-ring (bicyclic) bond motifs is 1. The maximum atomic E-state index is 11.9. The zero-order valence-electron chi connectivity index (χ0n) is 8.64. The highest BCUT2D eigenvalue weighted by atomic mass is 16.1. The van der Waals surface area contributed by atoms with E-state index in [1.807, 2.05) is 0 Å². The number of nitrogens with one attached hydrogen (secondary N) is 3. The summed E-state index contributed by atoms with van der Waals surface area (Å²) in [6.07, 6.45) is 1.57. The van der Waals surface area contributed by atoms with E-state index >= 15 is 0 Å². The summed E-state index contributed by atoms with van der Waals surface area (Å²) in [5.41, 5.74) is 1.89. The lowest BCUT2D eigenvalue weighted by Gasteiger charge is -2.01. The van der Waals surface area contributed by atoms with Crippen LogP contribution in [0.1, 0.15) is 10.4 Å². The second-order valence-electron chi connectivity index (χ2n) is 3.45. The molecule has 0 fully saturated rings. The van der Waals surface area contributed by atoms with Gasteiger partial charge in [-0.15, -0.1) is 0 Å². The Labute approximate surface area is 95.2 Å². The molecular weight excluding hydrogens is 220 g/mol. The second kappa shape index (κ2) is 3.71. The molecule has 0 bridgehead atoms. The molecule has 0 radical (unpaired) electrons. The Morgan fingerprint density at radius 3 is 2.88 bits per heavy atom. The van der Waals surface area contributed by atoms with E-state index in [0.717, 1.165) is 5.52 Å². The average Bonchev–Trinajstić information content (AvgIpc) is 2.97. The molecule has 17 heavy (non-hydrogen) atoms. The number of hydrogen-bond donors (Lipinski definition) is 3. The number of hydrogen-bond acceptors (Lipinski definition) is 4. The molecule has 3 rings (SSSR count). The van der Waals surface area contributed by atoms with Crippen molar-refractivity contribution in [2.75, 3.05) is 5.32 Å². The van der Waals surface area contributed by atoms with Gasteiger partial charge in [0.15, 0.2) is 0 Å². The van der Waals surface area contributed by atoms with Gasteiger partial charge in [-0.25, -0.2) is 0 Å². The van der Waals surface area contributed by atoms with Gasteiger partial charge in [-0.05, 0) is 18.2 Å². The van der Waals surface area contributed by atoms with Crippen molar-refractivity contribution in [1.82, 2.24) is 25.6 Å². The van der Waals surface area contributed by atoms with Gasteiger partial charge in [-0.2, -0.15) is 20.5 Å². The lowest BCUT2D eigenvalue weighted by molar-refractivity contribution is 0.102. The molecule has 2 aromatic heterocycles. The minimum absolute atomic E-state index is 0.223. The van der Waals surface area contributed by atoms with Crippen LogP contribution in [0.5, 0.6) is 0 Å². The van der Waals surface area contributed by atoms with Gasteiger partial charge in [-0.1, -0.05) is 0 Å². The smallest absolute Gasteiger partial charge is 0.256 e. The molecule has 0 aliphatic rings. The maximum absolute atomic E-state index is 11.9. The number of amides is 1. The average molecular weight is 228 g/mol. The van der Waals surface area contributed by atoms with Crippen LogP contribution in [0.25, 0.3) is 11.0 Å². The van der Waals surface area contributed by atoms with Crippen molar-refractivity contribution in [2.45, 2.75) is 0 Å². The Hall–Kier alpha value is -2.70. The molecule has 7 nitrogen and oxygen atoms in total. The van der Waals surface area contributed by atoms with E-state index in [4.69, 9.17) is 0 Å². The molecule has 2 heterocycles. The Kier molecular flexibility index (Phi) is 2.08. The van der Waals surface area contributed by atoms with Gasteiger partial charge < -0.3 is 5.32 Å². The van der Waals surface area contributed by atoms with Gasteiger partial charge in [0.25, 0.3) is 5.91 Å². The van der Waals surface area contributed by atoms with Crippen LogP contribution < -0.4 is 5.32 Å². The van der Waals surface area contributed by atoms with Gasteiger partial charge in [0.05, 0.1) is 6.20 Å². The first-order valence-electron chi connectivity index (χ1n) is 4.94. The standard InChI is InChI=1S/C10H8N6O/c17-10(12-9-3-4-11-15-9)6-1-2-7-8(5-6)14-16-13-7/h1-5H,(H,13,14,16)(H2,11,12,15,17). The first kappa shape index (κ1) is 9.52. The molecule has 0 saturated carbocycles. The summed E-state index contributed by atoms with van der Waals surface area (Å²) in [6, 6.07) is 6.77. The number of rotatable bonds is 2. The van der Waals surface area contributed by atoms with E-state index in [2.05, 4.69) is 30.9 Å². The fraction of sp³-hybridized carbons (Fsp3) is 0. The SMILES string of the molecule is O=C(Nc1ccn[nH]1)c1ccc2n[nH]nc2c1. The molecule has 1 amide bonds. The summed E-state index contributed by atoms with van der Waals surface area (Å²) in [5, 5.41) is 19.4. The number of carbonyl (C=O) groups is 1. The van der Waals surface area contributed by atoms with Gasteiger partial charge >= 0.3 is 0 Å². The highest BCUT2D eigenvalue weighted by molar-refractivity contribution is 6.05. The van der Waals surface area contributed by atoms with Crippen LogP contribution in [0.2, 0.25) is 0 Å². The third kappa shape index (κ3) is 1.73. The van der Waals surface area contributed by atoms with Crippen molar-refractivity contribution in [1.29, 1.82) is 0 Å². The largest absolute Gasteiger partial charge is 0.307 e. The van der Waals surface area contributed by atoms with E-state index in [9.17, 15) is 4.79 Å². The minimum atomic E-state index is -0.223. The maximum Gasteiger partial charge on any atom is 0.256 e. The van der Waals surface area contributed by atoms with Crippen molar-refractivity contribution in [3.8, 4) is 0 Å². The zero-order chi connectivity index (χ0) is 11.7. The molecule has 3 N–H and O–H groups in total. The van der Waals surface area contributed by atoms with Crippen LogP contribution in [-0.4, -0.2) is 31.5 Å². The highest BCUT2D eigenvalue weighted by Crippen LogP contribution is 2.12. The number of nitrogens with zero attached hydrogens (tertiary/aromatic N) is 3. The quantitative estimate of drug-likeness (QED) is 0.607. The third-order valence-electron chi connectivity index (χ3n) is 2.33. The number of benzene rings is 1. The number of carbonyl (C=O) groups excluding carboxylic acids is 1. The van der Waals surface area contributed by atoms with Crippen LogP contribution >= 0.6 is 0 Å². The summed E-state index contributed by atoms with van der Waals surface area (Å²) in [5.74, 6) is 0.328. The zero-order valence-corrected chi connectivity index (χ0v) is 8.64. The third-order valence-corrected chi connectivity index (χ3v) is 2.33. The summed E-state index contributed by atoms with van der Waals surface area (Å²) in [4.78, 5) is 11.9. The summed E-state index contributed by atoms with van der Waals surface area (Å²) >= 11 is 0. The highest BCUT2D eigenvalue weighted by Gasteiger charge is 2.08. The number of anilines is 1. The number of H-pyrrole nitrogens is 2. The Morgan fingerprint density at radius 1 is 1.18 bits per heavy atom. The van der Waals surface area contributed by atoms with Crippen molar-refractivity contribution < 1.29 is 4.79 Å². The van der Waals surface area contributed by atoms with Crippen molar-refractivity contribution in [3.05, 3.63) is 36.0 Å². The topological polar surface area (TPSA) is 99.4 Å². The van der Waals surface area contributed by atoms with Crippen LogP contribution in [0.3, 0.4) is 0 Å². The molecule has 0 aliphatic heterocycles. The molecule has 0 unspecified atom stereocenters. The Bertz CT molecular complexity index is 656. The molecule has 0 aliphatic carbocycles. The van der Waals surface area contributed by atoms with Crippen LogP contribution in [0.15, 0.2) is 30.5 Å². The summed E-state index contributed by atoms with van der Waals surface area (Å²) < 4.78 is 0. The monoisotopic (exact) mass is 228 g/mol. The lowest BCUT2D eigenvalue weighted by atomic mass is 10.2. The van der Waals surface area contributed by atoms with Crippen LogP contribution in [-0.2, 0) is 0 Å². The fourth-order valence-corrected chi connectivity index (χ4v) is 1.50. The van der Waals surface area contributed by atoms with Gasteiger partial charge in [0.2, 0.25) is 0 Å².